The molecule has 0 amide bonds. The summed E-state index contributed by atoms with van der Waals surface area (Å²) in [5, 5.41) is 12.8. The fourth-order valence-electron chi connectivity index (χ4n) is 4.14. The molecule has 0 radical (unpaired) electrons. The monoisotopic (exact) mass is 457 g/mol. The van der Waals surface area contributed by atoms with E-state index in [4.69, 9.17) is 4.74 Å². The van der Waals surface area contributed by atoms with Crippen molar-refractivity contribution in [3.8, 4) is 11.1 Å². The molecule has 1 heterocycles. The topological polar surface area (TPSA) is 41.5 Å². The van der Waals surface area contributed by atoms with Crippen molar-refractivity contribution in [2.45, 2.75) is 69.9 Å². The van der Waals surface area contributed by atoms with E-state index >= 15 is 0 Å². The average molecular weight is 458 g/mol. The number of allylic oxidation sites excluding steroid dienone is 1. The summed E-state index contributed by atoms with van der Waals surface area (Å²) in [5.41, 5.74) is 3.82. The van der Waals surface area contributed by atoms with E-state index in [1.165, 1.54) is 55.2 Å². The zero-order valence-corrected chi connectivity index (χ0v) is 20.1. The van der Waals surface area contributed by atoms with Crippen molar-refractivity contribution in [3.63, 3.8) is 0 Å². The number of hydrogen-bond acceptors (Lipinski definition) is 3. The van der Waals surface area contributed by atoms with Crippen molar-refractivity contribution in [2.75, 3.05) is 19.8 Å². The highest BCUT2D eigenvalue weighted by Gasteiger charge is 2.21. The first-order valence-corrected chi connectivity index (χ1v) is 12.1. The predicted molar refractivity (Wildman–Crippen MR) is 138 cm³/mol. The Labute approximate surface area is 200 Å². The van der Waals surface area contributed by atoms with E-state index in [0.717, 1.165) is 32.5 Å². The van der Waals surface area contributed by atoms with Crippen molar-refractivity contribution < 1.29 is 9.84 Å². The summed E-state index contributed by atoms with van der Waals surface area (Å²) < 4.78 is 5.72. The Balaban J connectivity index is 0.00000363. The van der Waals surface area contributed by atoms with Crippen molar-refractivity contribution >= 4 is 18.5 Å². The first kappa shape index (κ1) is 26.6. The molecule has 3 rings (SSSR count). The SMILES string of the molecule is Cl.O[C@H]1CN[C@H](COCCCCCCCCC/C=C/c2ccc(-c3ccccc3)cc2)C1. The van der Waals surface area contributed by atoms with Gasteiger partial charge in [0.1, 0.15) is 0 Å². The number of halogens is 1. The van der Waals surface area contributed by atoms with E-state index in [0.29, 0.717) is 12.6 Å². The molecule has 1 saturated heterocycles. The minimum absolute atomic E-state index is 0. The Morgan fingerprint density at radius 1 is 0.844 bits per heavy atom. The highest BCUT2D eigenvalue weighted by Crippen LogP contribution is 2.20. The molecule has 1 aliphatic rings. The fourth-order valence-corrected chi connectivity index (χ4v) is 4.14. The van der Waals surface area contributed by atoms with Gasteiger partial charge in [0, 0.05) is 19.2 Å². The van der Waals surface area contributed by atoms with Crippen LogP contribution in [-0.4, -0.2) is 37.0 Å². The van der Waals surface area contributed by atoms with E-state index in [-0.39, 0.29) is 18.5 Å². The molecule has 0 saturated carbocycles. The van der Waals surface area contributed by atoms with Crippen LogP contribution in [0.25, 0.3) is 17.2 Å². The lowest BCUT2D eigenvalue weighted by atomic mass is 10.0. The van der Waals surface area contributed by atoms with Crippen LogP contribution in [0.3, 0.4) is 0 Å². The van der Waals surface area contributed by atoms with E-state index in [2.05, 4.69) is 72.1 Å². The van der Waals surface area contributed by atoms with Gasteiger partial charge in [-0.15, -0.1) is 12.4 Å². The van der Waals surface area contributed by atoms with Gasteiger partial charge in [0.05, 0.1) is 12.7 Å². The summed E-state index contributed by atoms with van der Waals surface area (Å²) in [6, 6.07) is 19.7. The Kier molecular flexibility index (Phi) is 13.3. The van der Waals surface area contributed by atoms with E-state index < -0.39 is 0 Å². The maximum Gasteiger partial charge on any atom is 0.0680 e. The summed E-state index contributed by atoms with van der Waals surface area (Å²) in [7, 11) is 0. The maximum atomic E-state index is 9.47. The number of hydrogen-bond donors (Lipinski definition) is 2. The zero-order valence-electron chi connectivity index (χ0n) is 19.3. The molecule has 176 valence electrons. The van der Waals surface area contributed by atoms with Gasteiger partial charge in [-0.25, -0.2) is 0 Å². The minimum Gasteiger partial charge on any atom is -0.392 e. The van der Waals surface area contributed by atoms with E-state index in [9.17, 15) is 5.11 Å². The van der Waals surface area contributed by atoms with Crippen molar-refractivity contribution in [1.29, 1.82) is 0 Å². The molecule has 4 heteroatoms. The molecule has 3 nitrogen and oxygen atoms in total. The van der Waals surface area contributed by atoms with Crippen LogP contribution in [0.1, 0.15) is 63.4 Å². The average Bonchev–Trinajstić information content (AvgIpc) is 3.23. The molecule has 2 atom stereocenters. The summed E-state index contributed by atoms with van der Waals surface area (Å²) in [4.78, 5) is 0. The lowest BCUT2D eigenvalue weighted by molar-refractivity contribution is 0.107. The van der Waals surface area contributed by atoms with E-state index in [1.54, 1.807) is 0 Å². The molecule has 0 aromatic heterocycles. The molecule has 0 unspecified atom stereocenters. The predicted octanol–water partition coefficient (Wildman–Crippen LogP) is 6.65. The number of nitrogens with one attached hydrogen (secondary N) is 1. The minimum atomic E-state index is -0.185. The third kappa shape index (κ3) is 10.3. The Bertz CT molecular complexity index is 748. The Morgan fingerprint density at radius 3 is 2.19 bits per heavy atom. The molecule has 2 N–H and O–H groups in total. The van der Waals surface area contributed by atoms with Gasteiger partial charge in [-0.2, -0.15) is 0 Å². The number of rotatable bonds is 14. The van der Waals surface area contributed by atoms with Gasteiger partial charge in [0.15, 0.2) is 0 Å². The second-order valence-corrected chi connectivity index (χ2v) is 8.72. The molecule has 1 aliphatic heterocycles. The number of aliphatic hydroxyl groups excluding tert-OH is 1. The van der Waals surface area contributed by atoms with Crippen LogP contribution in [0, 0.1) is 0 Å². The highest BCUT2D eigenvalue weighted by molar-refractivity contribution is 5.85. The lowest BCUT2D eigenvalue weighted by Crippen LogP contribution is -2.26. The molecule has 0 aliphatic carbocycles. The van der Waals surface area contributed by atoms with Crippen LogP contribution >= 0.6 is 12.4 Å². The van der Waals surface area contributed by atoms with Crippen LogP contribution in [0.15, 0.2) is 60.7 Å². The molecule has 1 fully saturated rings. The molecule has 0 spiro atoms. The number of aliphatic hydroxyl groups is 1. The largest absolute Gasteiger partial charge is 0.392 e. The first-order chi connectivity index (χ1) is 15.3. The first-order valence-electron chi connectivity index (χ1n) is 12.1. The van der Waals surface area contributed by atoms with E-state index in [1.807, 2.05) is 0 Å². The fraction of sp³-hybridized carbons (Fsp3) is 0.500. The van der Waals surface area contributed by atoms with Gasteiger partial charge in [0.25, 0.3) is 0 Å². The Morgan fingerprint density at radius 2 is 1.50 bits per heavy atom. The van der Waals surface area contributed by atoms with Crippen LogP contribution in [0.2, 0.25) is 0 Å². The van der Waals surface area contributed by atoms with Gasteiger partial charge < -0.3 is 15.2 Å². The van der Waals surface area contributed by atoms with Gasteiger partial charge in [-0.05, 0) is 42.4 Å². The van der Waals surface area contributed by atoms with Crippen LogP contribution < -0.4 is 5.32 Å². The second kappa shape index (κ2) is 16.0. The lowest BCUT2D eigenvalue weighted by Gasteiger charge is -2.10. The third-order valence-electron chi connectivity index (χ3n) is 6.01. The third-order valence-corrected chi connectivity index (χ3v) is 6.01. The second-order valence-electron chi connectivity index (χ2n) is 8.72. The number of unbranched alkanes of at least 4 members (excludes halogenated alkanes) is 7. The van der Waals surface area contributed by atoms with Gasteiger partial charge in [-0.1, -0.05) is 98.9 Å². The molecule has 32 heavy (non-hydrogen) atoms. The summed E-state index contributed by atoms with van der Waals surface area (Å²) >= 11 is 0. The maximum absolute atomic E-state index is 9.47. The van der Waals surface area contributed by atoms with Crippen LogP contribution in [0.4, 0.5) is 0 Å². The summed E-state index contributed by atoms with van der Waals surface area (Å²) in [5.74, 6) is 0. The van der Waals surface area contributed by atoms with Gasteiger partial charge >= 0.3 is 0 Å². The van der Waals surface area contributed by atoms with Crippen LogP contribution in [0.5, 0.6) is 0 Å². The Hall–Kier alpha value is -1.65. The number of β-amino-alcohol motifs (C(OH)–C–C–N with tert-alkyl or cyclic N) is 1. The highest BCUT2D eigenvalue weighted by atomic mass is 35.5. The standard InChI is InChI=1S/C28H39NO2.ClH/c30-28-21-27(29-22-28)23-31-20-12-7-5-3-1-2-4-6-9-13-24-16-18-26(19-17-24)25-14-10-8-11-15-25;/h8-11,13-19,27-30H,1-7,12,20-23H2;1H/b13-9+;/t27-,28+;/m0./s1. The number of ether oxygens (including phenoxy) is 1. The van der Waals surface area contributed by atoms with Gasteiger partial charge in [0.2, 0.25) is 0 Å². The van der Waals surface area contributed by atoms with Crippen LogP contribution in [-0.2, 0) is 4.74 Å². The van der Waals surface area contributed by atoms with Crippen molar-refractivity contribution in [2.24, 2.45) is 0 Å². The smallest absolute Gasteiger partial charge is 0.0680 e. The molecular weight excluding hydrogens is 418 g/mol. The molecule has 0 bridgehead atoms. The normalized spacial score (nSPS) is 18.2. The molecule has 2 aromatic rings. The molecule has 2 aromatic carbocycles. The van der Waals surface area contributed by atoms with Gasteiger partial charge in [-0.3, -0.25) is 0 Å². The number of benzene rings is 2. The summed E-state index contributed by atoms with van der Waals surface area (Å²) in [6.07, 6.45) is 15.4. The quantitative estimate of drug-likeness (QED) is 0.312. The summed E-state index contributed by atoms with van der Waals surface area (Å²) in [6.45, 7) is 2.30. The zero-order chi connectivity index (χ0) is 21.6. The van der Waals surface area contributed by atoms with Crippen molar-refractivity contribution in [1.82, 2.24) is 5.32 Å². The molecular formula is C28H40ClNO2. The van der Waals surface area contributed by atoms with Crippen molar-refractivity contribution in [3.05, 3.63) is 66.2 Å².